The third kappa shape index (κ3) is 4.94. The highest BCUT2D eigenvalue weighted by molar-refractivity contribution is 7.92. The van der Waals surface area contributed by atoms with Gasteiger partial charge >= 0.3 is 0 Å². The summed E-state index contributed by atoms with van der Waals surface area (Å²) in [5.41, 5.74) is 0.945. The molecule has 0 spiro atoms. The molecule has 2 heterocycles. The van der Waals surface area contributed by atoms with Crippen molar-refractivity contribution in [3.05, 3.63) is 83.8 Å². The Hall–Kier alpha value is -3.97. The molecule has 2 aromatic carbocycles. The Labute approximate surface area is 190 Å². The Morgan fingerprint density at radius 2 is 1.76 bits per heavy atom. The molecule has 0 aliphatic carbocycles. The first-order chi connectivity index (χ1) is 15.9. The van der Waals surface area contributed by atoms with Crippen LogP contribution in [0, 0.1) is 17.1 Å². The zero-order chi connectivity index (χ0) is 23.4. The normalized spacial score (nSPS) is 13.9. The first-order valence-electron chi connectivity index (χ1n) is 10.2. The molecule has 4 rings (SSSR count). The minimum Gasteiger partial charge on any atom is -0.352 e. The number of anilines is 2. The van der Waals surface area contributed by atoms with E-state index in [0.717, 1.165) is 12.1 Å². The highest BCUT2D eigenvalue weighted by Crippen LogP contribution is 2.21. The molecule has 0 radical (unpaired) electrons. The minimum absolute atomic E-state index is 0.0662. The van der Waals surface area contributed by atoms with Crippen LogP contribution in [0.4, 0.5) is 15.9 Å². The number of amides is 1. The number of rotatable bonds is 5. The summed E-state index contributed by atoms with van der Waals surface area (Å²) in [7, 11) is -3.96. The van der Waals surface area contributed by atoms with Crippen LogP contribution < -0.4 is 9.62 Å². The number of nitrogens with one attached hydrogen (secondary N) is 1. The number of nitriles is 1. The summed E-state index contributed by atoms with van der Waals surface area (Å²) in [4.78, 5) is 20.8. The highest BCUT2D eigenvalue weighted by atomic mass is 32.2. The van der Waals surface area contributed by atoms with E-state index in [1.807, 2.05) is 4.90 Å². The fourth-order valence-electron chi connectivity index (χ4n) is 3.57. The number of carbonyl (C=O) groups excluding carboxylic acids is 1. The molecule has 10 heteroatoms. The fraction of sp³-hybridized carbons (Fsp3) is 0.174. The molecule has 1 aliphatic rings. The van der Waals surface area contributed by atoms with Crippen molar-refractivity contribution in [1.82, 2.24) is 9.88 Å². The topological polar surface area (TPSA) is 106 Å². The lowest BCUT2D eigenvalue weighted by atomic mass is 10.1. The van der Waals surface area contributed by atoms with Crippen LogP contribution in [0.5, 0.6) is 0 Å². The van der Waals surface area contributed by atoms with Gasteiger partial charge in [0, 0.05) is 43.6 Å². The van der Waals surface area contributed by atoms with Crippen molar-refractivity contribution in [1.29, 1.82) is 5.26 Å². The molecule has 1 aliphatic heterocycles. The number of carbonyl (C=O) groups is 1. The SMILES string of the molecule is N#Cc1cccnc1N1CCN(C(=O)c2cccc(S(=O)(=O)Nc3ccc(F)cc3)c2)CC1. The molecular weight excluding hydrogens is 445 g/mol. The number of sulfonamides is 1. The molecule has 0 bridgehead atoms. The zero-order valence-corrected chi connectivity index (χ0v) is 18.3. The summed E-state index contributed by atoms with van der Waals surface area (Å²) < 4.78 is 40.9. The van der Waals surface area contributed by atoms with E-state index in [9.17, 15) is 22.9 Å². The van der Waals surface area contributed by atoms with E-state index >= 15 is 0 Å². The second-order valence-corrected chi connectivity index (χ2v) is 9.09. The van der Waals surface area contributed by atoms with Crippen LogP contribution in [0.1, 0.15) is 15.9 Å². The van der Waals surface area contributed by atoms with Gasteiger partial charge in [0.2, 0.25) is 0 Å². The highest BCUT2D eigenvalue weighted by Gasteiger charge is 2.25. The largest absolute Gasteiger partial charge is 0.352 e. The van der Waals surface area contributed by atoms with E-state index in [1.165, 1.54) is 30.3 Å². The van der Waals surface area contributed by atoms with Crippen LogP contribution in [-0.2, 0) is 10.0 Å². The monoisotopic (exact) mass is 465 g/mol. The van der Waals surface area contributed by atoms with Gasteiger partial charge in [-0.05, 0) is 54.6 Å². The van der Waals surface area contributed by atoms with Crippen LogP contribution in [0.3, 0.4) is 0 Å². The van der Waals surface area contributed by atoms with Crippen molar-refractivity contribution in [3.8, 4) is 6.07 Å². The number of nitrogens with zero attached hydrogens (tertiary/aromatic N) is 4. The van der Waals surface area contributed by atoms with Crippen LogP contribution in [0.2, 0.25) is 0 Å². The first kappa shape index (κ1) is 22.2. The standard InChI is InChI=1S/C23H20FN5O3S/c24-19-6-8-20(9-7-19)27-33(31,32)21-5-1-3-17(15-21)23(30)29-13-11-28(12-14-29)22-18(16-25)4-2-10-26-22/h1-10,15,27H,11-14H2. The minimum atomic E-state index is -3.96. The van der Waals surface area contributed by atoms with Gasteiger partial charge < -0.3 is 9.80 Å². The lowest BCUT2D eigenvalue weighted by Gasteiger charge is -2.35. The molecule has 1 fully saturated rings. The van der Waals surface area contributed by atoms with Gasteiger partial charge in [-0.1, -0.05) is 6.07 Å². The Morgan fingerprint density at radius 1 is 1.03 bits per heavy atom. The fourth-order valence-corrected chi connectivity index (χ4v) is 4.67. The molecule has 1 amide bonds. The summed E-state index contributed by atoms with van der Waals surface area (Å²) in [5.74, 6) is -0.167. The first-order valence-corrected chi connectivity index (χ1v) is 11.6. The average Bonchev–Trinajstić information content (AvgIpc) is 2.85. The molecule has 0 unspecified atom stereocenters. The molecule has 3 aromatic rings. The maximum absolute atomic E-state index is 13.1. The number of pyridine rings is 1. The van der Waals surface area contributed by atoms with Crippen LogP contribution >= 0.6 is 0 Å². The Balaban J connectivity index is 1.46. The van der Waals surface area contributed by atoms with Gasteiger partial charge in [-0.2, -0.15) is 5.26 Å². The number of halogens is 1. The van der Waals surface area contributed by atoms with E-state index in [0.29, 0.717) is 37.6 Å². The summed E-state index contributed by atoms with van der Waals surface area (Å²) in [6.45, 7) is 1.82. The van der Waals surface area contributed by atoms with Crippen molar-refractivity contribution in [3.63, 3.8) is 0 Å². The average molecular weight is 466 g/mol. The molecule has 0 atom stereocenters. The number of piperazine rings is 1. The summed E-state index contributed by atoms with van der Waals surface area (Å²) in [5, 5.41) is 9.28. The quantitative estimate of drug-likeness (QED) is 0.621. The van der Waals surface area contributed by atoms with Crippen LogP contribution in [0.15, 0.2) is 71.8 Å². The van der Waals surface area contributed by atoms with Crippen LogP contribution in [-0.4, -0.2) is 50.4 Å². The molecule has 8 nitrogen and oxygen atoms in total. The number of hydrogen-bond acceptors (Lipinski definition) is 6. The molecule has 168 valence electrons. The van der Waals surface area contributed by atoms with Crippen molar-refractivity contribution in [2.45, 2.75) is 4.90 Å². The maximum atomic E-state index is 13.1. The molecule has 1 N–H and O–H groups in total. The van der Waals surface area contributed by atoms with Gasteiger partial charge in [0.05, 0.1) is 10.5 Å². The smallest absolute Gasteiger partial charge is 0.261 e. The van der Waals surface area contributed by atoms with Gasteiger partial charge in [0.1, 0.15) is 17.7 Å². The second kappa shape index (κ2) is 9.26. The van der Waals surface area contributed by atoms with Gasteiger partial charge in [-0.25, -0.2) is 17.8 Å². The van der Waals surface area contributed by atoms with Crippen LogP contribution in [0.25, 0.3) is 0 Å². The summed E-state index contributed by atoms with van der Waals surface area (Å²) in [6, 6.07) is 16.3. The van der Waals surface area contributed by atoms with Crippen molar-refractivity contribution < 1.29 is 17.6 Å². The van der Waals surface area contributed by atoms with Crippen molar-refractivity contribution in [2.24, 2.45) is 0 Å². The lowest BCUT2D eigenvalue weighted by Crippen LogP contribution is -2.49. The zero-order valence-electron chi connectivity index (χ0n) is 17.5. The second-order valence-electron chi connectivity index (χ2n) is 7.41. The summed E-state index contributed by atoms with van der Waals surface area (Å²) in [6.07, 6.45) is 1.62. The Morgan fingerprint density at radius 3 is 2.45 bits per heavy atom. The molecule has 33 heavy (non-hydrogen) atoms. The van der Waals surface area contributed by atoms with Gasteiger partial charge in [-0.15, -0.1) is 0 Å². The summed E-state index contributed by atoms with van der Waals surface area (Å²) >= 11 is 0. The number of benzene rings is 2. The molecule has 1 saturated heterocycles. The van der Waals surface area contributed by atoms with Crippen molar-refractivity contribution >= 4 is 27.4 Å². The van der Waals surface area contributed by atoms with Gasteiger partial charge in [0.15, 0.2) is 0 Å². The third-order valence-electron chi connectivity index (χ3n) is 5.26. The van der Waals surface area contributed by atoms with Gasteiger partial charge in [0.25, 0.3) is 15.9 Å². The number of aromatic nitrogens is 1. The number of hydrogen-bond donors (Lipinski definition) is 1. The van der Waals surface area contributed by atoms with E-state index in [4.69, 9.17) is 0 Å². The maximum Gasteiger partial charge on any atom is 0.261 e. The van der Waals surface area contributed by atoms with Crippen molar-refractivity contribution in [2.75, 3.05) is 35.8 Å². The third-order valence-corrected chi connectivity index (χ3v) is 6.64. The predicted octanol–water partition coefficient (Wildman–Crippen LogP) is 2.86. The molecule has 0 saturated carbocycles. The lowest BCUT2D eigenvalue weighted by molar-refractivity contribution is 0.0746. The van der Waals surface area contributed by atoms with E-state index in [1.54, 1.807) is 29.3 Å². The van der Waals surface area contributed by atoms with E-state index < -0.39 is 15.8 Å². The van der Waals surface area contributed by atoms with E-state index in [-0.39, 0.29) is 22.1 Å². The van der Waals surface area contributed by atoms with Gasteiger partial charge in [-0.3, -0.25) is 9.52 Å². The van der Waals surface area contributed by atoms with E-state index in [2.05, 4.69) is 15.8 Å². The Kier molecular flexibility index (Phi) is 6.24. The Bertz CT molecular complexity index is 1310. The predicted molar refractivity (Wildman–Crippen MR) is 121 cm³/mol. The molecule has 1 aromatic heterocycles. The molecular formula is C23H20FN5O3S.